The van der Waals surface area contributed by atoms with E-state index in [1.165, 1.54) is 42.6 Å². The van der Waals surface area contributed by atoms with Crippen molar-refractivity contribution in [2.24, 2.45) is 0 Å². The van der Waals surface area contributed by atoms with Crippen molar-refractivity contribution in [2.45, 2.75) is 19.0 Å². The van der Waals surface area contributed by atoms with Gasteiger partial charge in [0.05, 0.1) is 16.1 Å². The van der Waals surface area contributed by atoms with Crippen molar-refractivity contribution in [3.8, 4) is 17.4 Å². The fourth-order valence-corrected chi connectivity index (χ4v) is 2.58. The summed E-state index contributed by atoms with van der Waals surface area (Å²) in [4.78, 5) is 14.1. The Bertz CT molecular complexity index is 1080. The maximum absolute atomic E-state index is 12.9. The highest BCUT2D eigenvalue weighted by Gasteiger charge is 2.36. The van der Waals surface area contributed by atoms with Crippen LogP contribution >= 0.6 is 0 Å². The van der Waals surface area contributed by atoms with Gasteiger partial charge in [-0.2, -0.15) is 26.3 Å². The number of nitro groups is 1. The predicted molar refractivity (Wildman–Crippen MR) is 98.2 cm³/mol. The van der Waals surface area contributed by atoms with Crippen LogP contribution in [0.3, 0.4) is 0 Å². The molecule has 0 spiro atoms. The number of halogens is 6. The molecule has 0 fully saturated rings. The Morgan fingerprint density at radius 1 is 0.875 bits per heavy atom. The lowest BCUT2D eigenvalue weighted by Crippen LogP contribution is -2.12. The molecule has 1 aromatic heterocycles. The first kappa shape index (κ1) is 22.8. The molecule has 2 aromatic carbocycles. The third-order valence-electron chi connectivity index (χ3n) is 4.04. The maximum Gasteiger partial charge on any atom is 0.416 e. The first-order valence-corrected chi connectivity index (χ1v) is 8.72. The predicted octanol–water partition coefficient (Wildman–Crippen LogP) is 6.40. The molecular formula is C20H12F6N2O4. The Hall–Kier alpha value is -3.83. The number of hydrogen-bond donors (Lipinski definition) is 0. The van der Waals surface area contributed by atoms with E-state index in [2.05, 4.69) is 4.98 Å². The molecule has 0 radical (unpaired) electrons. The first-order valence-electron chi connectivity index (χ1n) is 8.72. The van der Waals surface area contributed by atoms with E-state index in [-0.39, 0.29) is 34.7 Å². The van der Waals surface area contributed by atoms with Crippen molar-refractivity contribution in [1.82, 2.24) is 4.98 Å². The molecule has 3 aromatic rings. The van der Waals surface area contributed by atoms with Gasteiger partial charge in [0.1, 0.15) is 18.1 Å². The smallest absolute Gasteiger partial charge is 0.416 e. The molecule has 0 saturated carbocycles. The molecule has 0 aliphatic heterocycles. The molecule has 0 amide bonds. The molecule has 0 bridgehead atoms. The minimum atomic E-state index is -4.96. The van der Waals surface area contributed by atoms with Crippen molar-refractivity contribution >= 4 is 5.69 Å². The van der Waals surface area contributed by atoms with Gasteiger partial charge in [0, 0.05) is 12.3 Å². The zero-order chi connectivity index (χ0) is 23.5. The second kappa shape index (κ2) is 8.73. The third kappa shape index (κ3) is 5.65. The van der Waals surface area contributed by atoms with E-state index in [0.29, 0.717) is 12.1 Å². The van der Waals surface area contributed by atoms with Crippen LogP contribution < -0.4 is 9.47 Å². The van der Waals surface area contributed by atoms with Gasteiger partial charge in [-0.25, -0.2) is 4.98 Å². The molecule has 32 heavy (non-hydrogen) atoms. The summed E-state index contributed by atoms with van der Waals surface area (Å²) < 4.78 is 88.2. The lowest BCUT2D eigenvalue weighted by atomic mass is 10.1. The fourth-order valence-electron chi connectivity index (χ4n) is 2.58. The summed E-state index contributed by atoms with van der Waals surface area (Å²) in [6.45, 7) is -0.557. The molecular weight excluding hydrogens is 446 g/mol. The van der Waals surface area contributed by atoms with Gasteiger partial charge in [0.25, 0.3) is 5.88 Å². The lowest BCUT2D eigenvalue weighted by molar-refractivity contribution is -0.386. The first-order chi connectivity index (χ1) is 14.9. The summed E-state index contributed by atoms with van der Waals surface area (Å²) in [5.74, 6) is 0.0197. The number of hydrogen-bond acceptors (Lipinski definition) is 5. The maximum atomic E-state index is 12.9. The lowest BCUT2D eigenvalue weighted by Gasteiger charge is -2.15. The van der Waals surface area contributed by atoms with Gasteiger partial charge < -0.3 is 9.47 Å². The zero-order valence-corrected chi connectivity index (χ0v) is 15.8. The van der Waals surface area contributed by atoms with E-state index in [1.807, 2.05) is 0 Å². The van der Waals surface area contributed by atoms with E-state index in [9.17, 15) is 36.5 Å². The molecule has 6 nitrogen and oxygen atoms in total. The van der Waals surface area contributed by atoms with Crippen molar-refractivity contribution in [2.75, 3.05) is 0 Å². The number of nitrogens with zero attached hydrogens (tertiary/aromatic N) is 2. The van der Waals surface area contributed by atoms with Crippen LogP contribution in [0, 0.1) is 10.1 Å². The highest BCUT2D eigenvalue weighted by molar-refractivity contribution is 5.43. The normalized spacial score (nSPS) is 11.8. The van der Waals surface area contributed by atoms with Crippen LogP contribution in [0.4, 0.5) is 32.0 Å². The SMILES string of the molecule is O=[N+]([O-])c1cccnc1Oc1ccc(OCc2cc(C(F)(F)F)cc(C(F)(F)F)c2)cc1. The quantitative estimate of drug-likeness (QED) is 0.243. The van der Waals surface area contributed by atoms with Gasteiger partial charge in [-0.15, -0.1) is 0 Å². The van der Waals surface area contributed by atoms with Gasteiger partial charge in [-0.05, 0) is 54.1 Å². The highest BCUT2D eigenvalue weighted by atomic mass is 19.4. The van der Waals surface area contributed by atoms with Gasteiger partial charge in [-0.3, -0.25) is 10.1 Å². The Kier molecular flexibility index (Phi) is 6.23. The fraction of sp³-hybridized carbons (Fsp3) is 0.150. The van der Waals surface area contributed by atoms with Crippen molar-refractivity contribution in [3.05, 3.63) is 87.6 Å². The van der Waals surface area contributed by atoms with E-state index >= 15 is 0 Å². The second-order valence-corrected chi connectivity index (χ2v) is 6.36. The average Bonchev–Trinajstić information content (AvgIpc) is 2.72. The molecule has 0 unspecified atom stereocenters. The molecule has 0 N–H and O–H groups in total. The summed E-state index contributed by atoms with van der Waals surface area (Å²) in [6, 6.07) is 9.11. The number of benzene rings is 2. The van der Waals surface area contributed by atoms with Crippen LogP contribution in [0.15, 0.2) is 60.8 Å². The molecule has 0 saturated heterocycles. The second-order valence-electron chi connectivity index (χ2n) is 6.36. The van der Waals surface area contributed by atoms with E-state index in [1.54, 1.807) is 0 Å². The molecule has 0 aliphatic carbocycles. The summed E-state index contributed by atoms with van der Waals surface area (Å²) >= 11 is 0. The van der Waals surface area contributed by atoms with Crippen LogP contribution in [-0.2, 0) is 19.0 Å². The van der Waals surface area contributed by atoms with Crippen LogP contribution in [0.1, 0.15) is 16.7 Å². The van der Waals surface area contributed by atoms with Crippen molar-refractivity contribution in [3.63, 3.8) is 0 Å². The molecule has 0 aliphatic rings. The Balaban J connectivity index is 1.74. The topological polar surface area (TPSA) is 74.5 Å². The molecule has 0 atom stereocenters. The summed E-state index contributed by atoms with van der Waals surface area (Å²) in [5.41, 5.74) is -3.56. The van der Waals surface area contributed by atoms with Crippen LogP contribution in [0.2, 0.25) is 0 Å². The van der Waals surface area contributed by atoms with Crippen molar-refractivity contribution < 1.29 is 40.7 Å². The van der Waals surface area contributed by atoms with Crippen molar-refractivity contribution in [1.29, 1.82) is 0 Å². The Morgan fingerprint density at radius 2 is 1.44 bits per heavy atom. The van der Waals surface area contributed by atoms with E-state index in [4.69, 9.17) is 9.47 Å². The van der Waals surface area contributed by atoms with Gasteiger partial charge in [0.15, 0.2) is 0 Å². The third-order valence-corrected chi connectivity index (χ3v) is 4.04. The average molecular weight is 458 g/mol. The Morgan fingerprint density at radius 3 is 1.97 bits per heavy atom. The number of aromatic nitrogens is 1. The molecule has 12 heteroatoms. The number of ether oxygens (including phenoxy) is 2. The van der Waals surface area contributed by atoms with Crippen LogP contribution in [0.5, 0.6) is 17.4 Å². The molecule has 168 valence electrons. The number of rotatable bonds is 6. The zero-order valence-electron chi connectivity index (χ0n) is 15.8. The largest absolute Gasteiger partial charge is 0.489 e. The van der Waals surface area contributed by atoms with E-state index < -0.39 is 35.0 Å². The highest BCUT2D eigenvalue weighted by Crippen LogP contribution is 2.36. The molecule has 1 heterocycles. The van der Waals surface area contributed by atoms with Gasteiger partial charge in [-0.1, -0.05) is 0 Å². The van der Waals surface area contributed by atoms with Gasteiger partial charge in [0.2, 0.25) is 0 Å². The summed E-state index contributed by atoms with van der Waals surface area (Å²) in [5, 5.41) is 11.0. The van der Waals surface area contributed by atoms with Crippen LogP contribution in [0.25, 0.3) is 0 Å². The van der Waals surface area contributed by atoms with Gasteiger partial charge >= 0.3 is 18.0 Å². The van der Waals surface area contributed by atoms with Crippen LogP contribution in [-0.4, -0.2) is 9.91 Å². The minimum absolute atomic E-state index is 0.0342. The minimum Gasteiger partial charge on any atom is -0.489 e. The Labute approximate surface area is 176 Å². The summed E-state index contributed by atoms with van der Waals surface area (Å²) in [6.07, 6.45) is -8.61. The number of alkyl halides is 6. The van der Waals surface area contributed by atoms with E-state index in [0.717, 1.165) is 0 Å². The number of pyridine rings is 1. The summed E-state index contributed by atoms with van der Waals surface area (Å²) in [7, 11) is 0. The molecule has 3 rings (SSSR count). The standard InChI is InChI=1S/C20H12F6N2O4/c21-19(22,23)13-8-12(9-14(10-13)20(24,25)26)11-31-15-3-5-16(6-4-15)32-18-17(28(29)30)2-1-7-27-18/h1-10H,11H2. The monoisotopic (exact) mass is 458 g/mol.